The van der Waals surface area contributed by atoms with E-state index in [1.54, 1.807) is 67.6 Å². The normalized spacial score (nSPS) is 8.50. The summed E-state index contributed by atoms with van der Waals surface area (Å²) in [5.74, 6) is 0. The first-order chi connectivity index (χ1) is 9.18. The molecule has 186 valence electrons. The summed E-state index contributed by atoms with van der Waals surface area (Å²) in [6.45, 7) is 20.6. The fraction of sp³-hybridized carbons (Fsp3) is 1.00. The molecule has 0 spiro atoms. The second-order valence-corrected chi connectivity index (χ2v) is 13.5. The maximum absolute atomic E-state index is 2.29. The Morgan fingerprint density at radius 2 is 0.433 bits per heavy atom. The minimum absolute atomic E-state index is 0. The zero-order chi connectivity index (χ0) is 17.7. The predicted molar refractivity (Wildman–Crippen MR) is 121 cm³/mol. The Morgan fingerprint density at radius 1 is 0.333 bits per heavy atom. The topological polar surface area (TPSA) is 270 Å². The monoisotopic (exact) mass is 768 g/mol. The van der Waals surface area contributed by atoms with Gasteiger partial charge in [-0.05, 0) is 0 Å². The van der Waals surface area contributed by atoms with Gasteiger partial charge in [0.1, 0.15) is 0 Å². The minimum atomic E-state index is 0. The van der Waals surface area contributed by atoms with Gasteiger partial charge in [0.2, 0.25) is 0 Å². The van der Waals surface area contributed by atoms with E-state index in [4.69, 9.17) is 0 Å². The van der Waals surface area contributed by atoms with Gasteiger partial charge in [-0.1, -0.05) is 0 Å². The van der Waals surface area contributed by atoms with Crippen molar-refractivity contribution in [3.05, 3.63) is 0 Å². The molecule has 0 aliphatic rings. The van der Waals surface area contributed by atoms with Crippen LogP contribution < -0.4 is 0 Å². The fourth-order valence-electron chi connectivity index (χ4n) is 1.12. The summed E-state index contributed by atoms with van der Waals surface area (Å²) in [5.41, 5.74) is 1.72. The van der Waals surface area contributed by atoms with Gasteiger partial charge in [0.15, 0.2) is 0 Å². The largest absolute Gasteiger partial charge is 0.870 e. The van der Waals surface area contributed by atoms with Crippen LogP contribution in [0.2, 0.25) is 13.3 Å². The van der Waals surface area contributed by atoms with Crippen LogP contribution in [0.25, 0.3) is 0 Å². The van der Waals surface area contributed by atoms with Crippen LogP contribution in [-0.4, -0.2) is 117 Å². The third-order valence-corrected chi connectivity index (χ3v) is 4.77. The molecule has 0 aromatic rings. The molecule has 12 heteroatoms. The van der Waals surface area contributed by atoms with Crippen molar-refractivity contribution >= 4 is 67.6 Å². The van der Waals surface area contributed by atoms with Gasteiger partial charge in [-0.3, -0.25) is 0 Å². The summed E-state index contributed by atoms with van der Waals surface area (Å²) in [6.07, 6.45) is 4.14. The molecule has 30 heavy (non-hydrogen) atoms. The van der Waals surface area contributed by atoms with Gasteiger partial charge in [-0.25, -0.2) is 0 Å². The molecule has 9 N–H and O–H groups in total. The van der Waals surface area contributed by atoms with Gasteiger partial charge in [0.05, 0.1) is 0 Å². The Labute approximate surface area is 226 Å². The van der Waals surface area contributed by atoms with Gasteiger partial charge in [-0.15, -0.1) is 0 Å². The van der Waals surface area contributed by atoms with Crippen molar-refractivity contribution in [2.45, 2.75) is 94.9 Å². The Morgan fingerprint density at radius 3 is 0.433 bits per heavy atom. The van der Waals surface area contributed by atoms with Crippen LogP contribution in [0.1, 0.15) is 81.6 Å². The van der Waals surface area contributed by atoms with Crippen LogP contribution in [0.15, 0.2) is 0 Å². The molecule has 0 bridgehead atoms. The van der Waals surface area contributed by atoms with E-state index in [0.29, 0.717) is 16.2 Å². The van der Waals surface area contributed by atoms with E-state index < -0.39 is 0 Å². The van der Waals surface area contributed by atoms with Gasteiger partial charge in [-0.2, -0.15) is 0 Å². The molecule has 0 rings (SSSR count). The summed E-state index contributed by atoms with van der Waals surface area (Å²) < 4.78 is 4.20. The average molecular weight is 765 g/mol. The van der Waals surface area contributed by atoms with Crippen LogP contribution in [0.3, 0.4) is 0 Å². The Hall–Kier alpha value is 2.04. The van der Waals surface area contributed by atoms with Crippen molar-refractivity contribution < 1.29 is 49.3 Å². The van der Waals surface area contributed by atoms with Crippen LogP contribution in [-0.2, 0) is 0 Å². The third-order valence-electron chi connectivity index (χ3n) is 2.62. The molecular formula is C18H48O9Sn3. The van der Waals surface area contributed by atoms with Gasteiger partial charge < -0.3 is 49.3 Å². The molecule has 0 aromatic heterocycles. The summed E-state index contributed by atoms with van der Waals surface area (Å²) in [7, 11) is 0. The molecule has 0 aliphatic heterocycles. The van der Waals surface area contributed by atoms with Crippen molar-refractivity contribution in [2.75, 3.05) is 0 Å². The van der Waals surface area contributed by atoms with Crippen molar-refractivity contribution in [1.29, 1.82) is 0 Å². The van der Waals surface area contributed by atoms with E-state index in [1.807, 2.05) is 0 Å². The molecular weight excluding hydrogens is 716 g/mol. The number of hydrogen-bond acceptors (Lipinski definition) is 9. The molecule has 0 heterocycles. The van der Waals surface area contributed by atoms with Gasteiger partial charge in [0, 0.05) is 0 Å². The van der Waals surface area contributed by atoms with Gasteiger partial charge >= 0.3 is 179 Å². The number of rotatable bonds is 3. The molecule has 0 fully saturated rings. The zero-order valence-electron chi connectivity index (χ0n) is 20.3. The molecule has 9 nitrogen and oxygen atoms in total. The molecule has 0 unspecified atom stereocenters. The van der Waals surface area contributed by atoms with E-state index in [0.717, 1.165) is 0 Å². The second kappa shape index (κ2) is 41.3. The summed E-state index contributed by atoms with van der Waals surface area (Å²) in [4.78, 5) is 0. The maximum atomic E-state index is 2.29. The SMILES string of the molecule is CC(C)(C)C[CH2][Sn+3].CC(C)(C)C[CH2][Sn+3].CC(C)(C)C[CH2][Sn+3].[OH-].[OH-].[OH-].[OH-].[OH-].[OH-].[OH-].[OH-].[OH-]. The van der Waals surface area contributed by atoms with E-state index >= 15 is 0 Å². The maximum Gasteiger partial charge on any atom is -0.870 e. The Bertz CT molecular complexity index is 192. The van der Waals surface area contributed by atoms with Crippen molar-refractivity contribution in [3.8, 4) is 0 Å². The molecule has 0 aromatic carbocycles. The first kappa shape index (κ1) is 76.9. The van der Waals surface area contributed by atoms with E-state index in [1.165, 1.54) is 32.6 Å². The standard InChI is InChI=1S/3C6H13.9H2O.3Sn/c3*1-5-6(2,3)4;;;;;;;;;;;;/h3*1,5H2,2-4H3;9*1H2;;;/q;;;;;;;;;;;;3*+3/p-9. The first-order valence-electron chi connectivity index (χ1n) is 8.12. The third kappa shape index (κ3) is 129. The quantitative estimate of drug-likeness (QED) is 0.367. The molecule has 0 amide bonds. The average Bonchev–Trinajstić information content (AvgIpc) is 2.12. The van der Waals surface area contributed by atoms with Crippen LogP contribution in [0.4, 0.5) is 0 Å². The molecule has 0 saturated carbocycles. The minimum Gasteiger partial charge on any atom is -0.870 e. The van der Waals surface area contributed by atoms with E-state index in [9.17, 15) is 0 Å². The predicted octanol–water partition coefficient (Wildman–Crippen LogP) is 4.44. The smallest absolute Gasteiger partial charge is 0.870 e. The second-order valence-electron chi connectivity index (χ2n) is 9.18. The Kier molecular flexibility index (Phi) is 106. The molecule has 0 saturated heterocycles. The first-order valence-corrected chi connectivity index (χ1v) is 14.2. The Balaban J connectivity index is -0.0000000141. The van der Waals surface area contributed by atoms with Crippen LogP contribution in [0, 0.1) is 16.2 Å². The fourth-order valence-corrected chi connectivity index (χ4v) is 7.55. The number of hydrogen-bond donors (Lipinski definition) is 0. The van der Waals surface area contributed by atoms with Crippen molar-refractivity contribution in [3.63, 3.8) is 0 Å². The summed E-state index contributed by atoms with van der Waals surface area (Å²) in [6, 6.07) is 0. The summed E-state index contributed by atoms with van der Waals surface area (Å²) >= 11 is 5.02. The molecule has 0 aliphatic carbocycles. The van der Waals surface area contributed by atoms with Gasteiger partial charge in [0.25, 0.3) is 0 Å². The van der Waals surface area contributed by atoms with Crippen LogP contribution >= 0.6 is 0 Å². The van der Waals surface area contributed by atoms with Crippen molar-refractivity contribution in [2.24, 2.45) is 16.2 Å². The van der Waals surface area contributed by atoms with Crippen LogP contribution in [0.5, 0.6) is 0 Å². The molecule has 0 radical (unpaired) electrons. The zero-order valence-corrected chi connectivity index (χ0v) is 28.8. The van der Waals surface area contributed by atoms with Crippen molar-refractivity contribution in [1.82, 2.24) is 0 Å². The summed E-state index contributed by atoms with van der Waals surface area (Å²) in [5, 5.41) is 0. The molecule has 0 atom stereocenters. The van der Waals surface area contributed by atoms with E-state index in [2.05, 4.69) is 62.3 Å². The van der Waals surface area contributed by atoms with E-state index in [-0.39, 0.29) is 49.3 Å².